The Balaban J connectivity index is 0.000000244. The van der Waals surface area contributed by atoms with E-state index in [0.29, 0.717) is 5.02 Å². The minimum Gasteiger partial charge on any atom is -2.00 e. The molecule has 0 aromatic heterocycles. The van der Waals surface area contributed by atoms with Crippen LogP contribution in [-0.2, 0) is 78.5 Å². The fourth-order valence-electron chi connectivity index (χ4n) is 17.7. The summed E-state index contributed by atoms with van der Waals surface area (Å²) in [5.74, 6) is 0. The van der Waals surface area contributed by atoms with E-state index >= 15 is 0 Å². The zero-order valence-electron chi connectivity index (χ0n) is 84.2. The van der Waals surface area contributed by atoms with Crippen molar-refractivity contribution in [1.29, 1.82) is 0 Å². The van der Waals surface area contributed by atoms with Gasteiger partial charge >= 0.3 is 0 Å². The fourth-order valence-corrected chi connectivity index (χ4v) is 18.0. The first kappa shape index (κ1) is 99.1. The molecule has 674 valence electrons. The first-order valence-corrected chi connectivity index (χ1v) is 46.8. The third-order valence-electron chi connectivity index (χ3n) is 26.3. The number of anilines is 12. The van der Waals surface area contributed by atoms with Crippen molar-refractivity contribution in [3.63, 3.8) is 0 Å². The Hall–Kier alpha value is -9.46. The smallest absolute Gasteiger partial charge is 0.252 e. The van der Waals surface area contributed by atoms with Crippen LogP contribution in [0, 0.1) is 0 Å². The van der Waals surface area contributed by atoms with Crippen LogP contribution in [-0.4, -0.2) is 6.71 Å². The highest BCUT2D eigenvalue weighted by Gasteiger charge is 2.45. The van der Waals surface area contributed by atoms with Gasteiger partial charge in [0.15, 0.2) is 0 Å². The summed E-state index contributed by atoms with van der Waals surface area (Å²) in [5, 5.41) is 0.668. The SMILES string of the molecule is C.CC(C)(C)c1ccc(N(c2ccc(C(C)(C)C)cc2)c2cccc(N(c3ccc(C(C)(C)C)cc3)c3ccc(C(C)(C)C)cc3-c3cc(C(C)(C)C)cc(C(C)(C)C)c3)c2Cl)cc1.CC(C)(C)c1ccc(N2c3ccc(C(C)(C)C)cc3B3c4cc(C(C)(C)C)ccc4N(c4ccc(C(C)(C)C)cc4-c4cc(C(C)(C)C)cc(C(C)(C)C)c4)c4cccc2c43)cc1.[S-2]. The van der Waals surface area contributed by atoms with Crippen LogP contribution in [0.4, 0.5) is 68.2 Å². The van der Waals surface area contributed by atoms with E-state index in [1.165, 1.54) is 140 Å². The maximum absolute atomic E-state index is 8.00. The quantitative estimate of drug-likeness (QED) is 0.127. The number of hydrogen-bond donors (Lipinski definition) is 0. The van der Waals surface area contributed by atoms with Crippen LogP contribution < -0.4 is 36.0 Å². The van der Waals surface area contributed by atoms with Gasteiger partial charge in [0, 0.05) is 56.6 Å². The molecule has 0 atom stereocenters. The number of halogens is 1. The lowest BCUT2D eigenvalue weighted by molar-refractivity contribution is 0.568. The minimum atomic E-state index is -0.0654. The van der Waals surface area contributed by atoms with E-state index in [-0.39, 0.29) is 92.6 Å². The molecule has 0 spiro atoms. The molecular formula is C121H152BClN4S-2. The van der Waals surface area contributed by atoms with Gasteiger partial charge in [0.1, 0.15) is 0 Å². The van der Waals surface area contributed by atoms with Gasteiger partial charge in [-0.05, 0) is 268 Å². The van der Waals surface area contributed by atoms with Gasteiger partial charge in [-0.1, -0.05) is 402 Å². The Morgan fingerprint density at radius 2 is 0.492 bits per heavy atom. The lowest BCUT2D eigenvalue weighted by Crippen LogP contribution is -2.61. The Morgan fingerprint density at radius 1 is 0.227 bits per heavy atom. The topological polar surface area (TPSA) is 13.0 Å². The standard InChI is InChI=1S/C60H73BN2.C60H75ClN2.CH4.S/c1-55(2,3)39-22-27-45(28-23-39)62-50-30-25-41(57(7,8)9)36-47(50)61-48-37-42(58(10,11)12)26-31-51(48)63(53-21-19-20-52(62)54(53)61)49-29-24-40(56(4,5)6)35-46(49)38-32-43(59(13,14)15)34-44(33-38)60(16,17)18;1-55(2,3)41-22-29-47(30-23-41)62(48-31-24-42(25-32-48)56(4,5)6)52-20-19-21-53(54(52)61)63(49-33-26-43(27-34-49)57(7,8)9)51-35-28-44(58(10,11)12)39-50(51)40-36-45(59(13,14)15)38-46(37-40)60(16,17)18;;/h19-37H,1-18H3;19-39H,1-18H3;1H4;/q;;;-2. The summed E-state index contributed by atoms with van der Waals surface area (Å²) in [6, 6.07) is 93.7. The van der Waals surface area contributed by atoms with Gasteiger partial charge in [0.25, 0.3) is 6.71 Å². The normalized spacial score (nSPS) is 13.5. The van der Waals surface area contributed by atoms with Crippen molar-refractivity contribution in [2.24, 2.45) is 0 Å². The first-order valence-electron chi connectivity index (χ1n) is 46.4. The molecule has 0 unspecified atom stereocenters. The number of fused-ring (bicyclic) bond motifs is 4. The zero-order chi connectivity index (χ0) is 92.6. The highest BCUT2D eigenvalue weighted by Crippen LogP contribution is 2.54. The molecule has 14 rings (SSSR count). The third kappa shape index (κ3) is 20.6. The maximum Gasteiger partial charge on any atom is 0.252 e. The molecule has 2 heterocycles. The molecule has 128 heavy (non-hydrogen) atoms. The number of benzene rings is 12. The Labute approximate surface area is 788 Å². The number of hydrogen-bond acceptors (Lipinski definition) is 4. The van der Waals surface area contributed by atoms with Crippen molar-refractivity contribution in [3.8, 4) is 22.3 Å². The van der Waals surface area contributed by atoms with Crippen molar-refractivity contribution in [2.45, 2.75) is 322 Å². The second kappa shape index (κ2) is 35.0. The average Bonchev–Trinajstić information content (AvgIpc) is 0.692. The third-order valence-corrected chi connectivity index (χ3v) is 26.7. The molecule has 0 bridgehead atoms. The first-order chi connectivity index (χ1) is 58.0. The Bertz CT molecular complexity index is 5890. The summed E-state index contributed by atoms with van der Waals surface area (Å²) in [5.41, 5.74) is 38.2. The van der Waals surface area contributed by atoms with E-state index in [9.17, 15) is 0 Å². The molecule has 12 aromatic carbocycles. The molecule has 0 radical (unpaired) electrons. The van der Waals surface area contributed by atoms with Crippen LogP contribution in [0.15, 0.2) is 243 Å². The molecule has 0 saturated heterocycles. The molecule has 0 amide bonds. The maximum atomic E-state index is 8.00. The van der Waals surface area contributed by atoms with Gasteiger partial charge in [0.2, 0.25) is 0 Å². The molecule has 4 nitrogen and oxygen atoms in total. The van der Waals surface area contributed by atoms with Gasteiger partial charge in [-0.25, -0.2) is 0 Å². The molecule has 0 fully saturated rings. The van der Waals surface area contributed by atoms with Crippen molar-refractivity contribution in [2.75, 3.05) is 19.6 Å². The average molecular weight is 1740 g/mol. The van der Waals surface area contributed by atoms with E-state index in [1.807, 2.05) is 0 Å². The molecule has 2 aliphatic rings. The van der Waals surface area contributed by atoms with Crippen LogP contribution in [0.2, 0.25) is 5.02 Å². The summed E-state index contributed by atoms with van der Waals surface area (Å²) in [6.45, 7) is 83.3. The molecular weight excluding hydrogens is 1590 g/mol. The number of nitrogens with zero attached hydrogens (tertiary/aromatic N) is 4. The lowest BCUT2D eigenvalue weighted by atomic mass is 9.33. The highest BCUT2D eigenvalue weighted by molar-refractivity contribution is 7.37. The Morgan fingerprint density at radius 3 is 0.844 bits per heavy atom. The summed E-state index contributed by atoms with van der Waals surface area (Å²) < 4.78 is 0. The molecule has 2 aliphatic heterocycles. The van der Waals surface area contributed by atoms with E-state index in [2.05, 4.69) is 512 Å². The highest BCUT2D eigenvalue weighted by atomic mass is 35.5. The van der Waals surface area contributed by atoms with Gasteiger partial charge in [-0.15, -0.1) is 0 Å². The predicted octanol–water partition coefficient (Wildman–Crippen LogP) is 34.6. The van der Waals surface area contributed by atoms with Crippen molar-refractivity contribution in [3.05, 3.63) is 314 Å². The number of rotatable bonds is 10. The van der Waals surface area contributed by atoms with Crippen LogP contribution in [0.5, 0.6) is 0 Å². The molecule has 0 saturated carbocycles. The molecule has 7 heteroatoms. The minimum absolute atomic E-state index is 0. The van der Waals surface area contributed by atoms with Gasteiger partial charge in [-0.2, -0.15) is 0 Å². The summed E-state index contributed by atoms with van der Waals surface area (Å²) in [7, 11) is 0. The van der Waals surface area contributed by atoms with Crippen molar-refractivity contribution in [1.82, 2.24) is 0 Å². The predicted molar refractivity (Wildman–Crippen MR) is 571 cm³/mol. The molecule has 0 N–H and O–H groups in total. The van der Waals surface area contributed by atoms with Gasteiger partial charge in [-0.3, -0.25) is 0 Å². The van der Waals surface area contributed by atoms with E-state index in [0.717, 1.165) is 34.1 Å². The van der Waals surface area contributed by atoms with Gasteiger partial charge in [0.05, 0.1) is 27.8 Å². The summed E-state index contributed by atoms with van der Waals surface area (Å²) in [4.78, 5) is 9.88. The Kier molecular flexibility index (Phi) is 27.1. The van der Waals surface area contributed by atoms with Crippen LogP contribution in [0.25, 0.3) is 22.3 Å². The van der Waals surface area contributed by atoms with E-state index in [1.54, 1.807) is 0 Å². The van der Waals surface area contributed by atoms with Gasteiger partial charge < -0.3 is 33.1 Å². The fraction of sp³-hybridized carbons (Fsp3) is 0.405. The summed E-state index contributed by atoms with van der Waals surface area (Å²) in [6.07, 6.45) is 0. The van der Waals surface area contributed by atoms with E-state index < -0.39 is 0 Å². The largest absolute Gasteiger partial charge is 2.00 e. The van der Waals surface area contributed by atoms with Crippen LogP contribution >= 0.6 is 11.6 Å². The van der Waals surface area contributed by atoms with E-state index in [4.69, 9.17) is 11.6 Å². The van der Waals surface area contributed by atoms with Crippen molar-refractivity contribution < 1.29 is 0 Å². The second-order valence-electron chi connectivity index (χ2n) is 48.9. The van der Waals surface area contributed by atoms with Crippen molar-refractivity contribution >= 4 is 116 Å². The zero-order valence-corrected chi connectivity index (χ0v) is 85.8. The van der Waals surface area contributed by atoms with Crippen LogP contribution in [0.3, 0.4) is 0 Å². The monoisotopic (exact) mass is 1740 g/mol. The second-order valence-corrected chi connectivity index (χ2v) is 49.3. The van der Waals surface area contributed by atoms with Crippen LogP contribution in [0.1, 0.15) is 323 Å². The molecule has 0 aliphatic carbocycles. The lowest BCUT2D eigenvalue weighted by Gasteiger charge is -2.45. The molecule has 12 aromatic rings. The summed E-state index contributed by atoms with van der Waals surface area (Å²) >= 11 is 8.00.